The van der Waals surface area contributed by atoms with Crippen LogP contribution in [0, 0.1) is 0 Å². The van der Waals surface area contributed by atoms with Gasteiger partial charge in [-0.05, 0) is 26.0 Å². The number of alkyl halides is 3. The number of nitrogens with one attached hydrogen (secondary N) is 1. The number of likely N-dealkylation sites (N-methyl/N-ethyl adjacent to an activating group) is 1. The summed E-state index contributed by atoms with van der Waals surface area (Å²) < 4.78 is 44.9. The molecule has 23 heavy (non-hydrogen) atoms. The highest BCUT2D eigenvalue weighted by atomic mass is 19.4. The number of piperidine rings is 1. The molecule has 1 aliphatic rings. The Morgan fingerprint density at radius 2 is 2.22 bits per heavy atom. The second-order valence-electron chi connectivity index (χ2n) is 5.70. The molecule has 2 atom stereocenters. The lowest BCUT2D eigenvalue weighted by Crippen LogP contribution is -2.54. The molecule has 1 amide bonds. The summed E-state index contributed by atoms with van der Waals surface area (Å²) in [6.45, 7) is 1.18. The van der Waals surface area contributed by atoms with E-state index in [-0.39, 0.29) is 30.6 Å². The van der Waals surface area contributed by atoms with E-state index in [0.717, 1.165) is 0 Å². The normalized spacial score (nSPS) is 23.0. The fraction of sp³-hybridized carbons (Fsp3) is 0.714. The highest BCUT2D eigenvalue weighted by molar-refractivity contribution is 5.92. The highest BCUT2D eigenvalue weighted by Crippen LogP contribution is 2.30. The Kier molecular flexibility index (Phi) is 5.64. The average Bonchev–Trinajstić information content (AvgIpc) is 2.92. The first-order valence-electron chi connectivity index (χ1n) is 7.41. The molecule has 0 unspecified atom stereocenters. The Labute approximate surface area is 132 Å². The minimum Gasteiger partial charge on any atom is -0.383 e. The Morgan fingerprint density at radius 3 is 2.83 bits per heavy atom. The fourth-order valence-corrected chi connectivity index (χ4v) is 2.73. The van der Waals surface area contributed by atoms with Crippen molar-refractivity contribution in [3.8, 4) is 0 Å². The van der Waals surface area contributed by atoms with Gasteiger partial charge in [0.05, 0.1) is 13.2 Å². The van der Waals surface area contributed by atoms with Gasteiger partial charge in [0.1, 0.15) is 11.7 Å². The molecule has 2 heterocycles. The largest absolute Gasteiger partial charge is 0.404 e. The number of ether oxygens (including phenoxy) is 1. The van der Waals surface area contributed by atoms with Crippen molar-refractivity contribution in [2.45, 2.75) is 37.6 Å². The van der Waals surface area contributed by atoms with Gasteiger partial charge in [0, 0.05) is 25.9 Å². The highest BCUT2D eigenvalue weighted by Gasteiger charge is 2.44. The van der Waals surface area contributed by atoms with E-state index in [9.17, 15) is 18.0 Å². The van der Waals surface area contributed by atoms with Gasteiger partial charge in [-0.2, -0.15) is 18.3 Å². The molecule has 1 aromatic rings. The standard InChI is InChI=1S/C14H21F3N4O2/c1-20-9-10(3-4-12(20)14(15,16)17)18-13(22)11-5-6-21(19-11)7-8-23-2/h5-6,10,12H,3-4,7-9H2,1-2H3,(H,18,22)/t10-,12-/m1/s1. The summed E-state index contributed by atoms with van der Waals surface area (Å²) in [6, 6.07) is -0.171. The monoisotopic (exact) mass is 334 g/mol. The zero-order valence-corrected chi connectivity index (χ0v) is 13.1. The number of amides is 1. The first kappa shape index (κ1) is 17.7. The number of aromatic nitrogens is 2. The van der Waals surface area contributed by atoms with Crippen LogP contribution in [0.5, 0.6) is 0 Å². The third kappa shape index (κ3) is 4.68. The van der Waals surface area contributed by atoms with Crippen LogP contribution in [0.1, 0.15) is 23.3 Å². The molecule has 1 aliphatic heterocycles. The van der Waals surface area contributed by atoms with Crippen LogP contribution in [0.4, 0.5) is 13.2 Å². The number of hydrogen-bond donors (Lipinski definition) is 1. The maximum atomic E-state index is 12.8. The van der Waals surface area contributed by atoms with E-state index in [2.05, 4.69) is 10.4 Å². The maximum Gasteiger partial charge on any atom is 0.404 e. The quantitative estimate of drug-likeness (QED) is 0.881. The Hall–Kier alpha value is -1.61. The smallest absolute Gasteiger partial charge is 0.383 e. The predicted octanol–water partition coefficient (Wildman–Crippen LogP) is 1.28. The number of rotatable bonds is 5. The van der Waals surface area contributed by atoms with E-state index in [4.69, 9.17) is 4.74 Å². The SMILES string of the molecule is COCCn1ccc(C(=O)N[C@@H]2CC[C@H](C(F)(F)F)N(C)C2)n1. The van der Waals surface area contributed by atoms with Gasteiger partial charge in [0.2, 0.25) is 0 Å². The summed E-state index contributed by atoms with van der Waals surface area (Å²) in [5.41, 5.74) is 0.252. The summed E-state index contributed by atoms with van der Waals surface area (Å²) in [5, 5.41) is 6.87. The molecule has 130 valence electrons. The van der Waals surface area contributed by atoms with Crippen LogP contribution in [0.25, 0.3) is 0 Å². The Balaban J connectivity index is 1.88. The molecule has 0 saturated carbocycles. The molecule has 1 aromatic heterocycles. The number of halogens is 3. The van der Waals surface area contributed by atoms with Gasteiger partial charge < -0.3 is 10.1 Å². The number of likely N-dealkylation sites (tertiary alicyclic amines) is 1. The summed E-state index contributed by atoms with van der Waals surface area (Å²) in [4.78, 5) is 13.4. The van der Waals surface area contributed by atoms with Crippen molar-refractivity contribution >= 4 is 5.91 Å². The zero-order chi connectivity index (χ0) is 17.0. The first-order chi connectivity index (χ1) is 10.8. The molecule has 0 aromatic carbocycles. The number of carbonyl (C=O) groups is 1. The summed E-state index contributed by atoms with van der Waals surface area (Å²) in [5.74, 6) is -0.370. The number of nitrogens with zero attached hydrogens (tertiary/aromatic N) is 3. The molecule has 6 nitrogen and oxygen atoms in total. The molecule has 0 aliphatic carbocycles. The lowest BCUT2D eigenvalue weighted by atomic mass is 9.98. The number of methoxy groups -OCH3 is 1. The van der Waals surface area contributed by atoms with Crippen molar-refractivity contribution < 1.29 is 22.7 Å². The van der Waals surface area contributed by atoms with E-state index in [0.29, 0.717) is 19.6 Å². The topological polar surface area (TPSA) is 59.4 Å². The van der Waals surface area contributed by atoms with Crippen LogP contribution < -0.4 is 5.32 Å². The molecule has 0 spiro atoms. The van der Waals surface area contributed by atoms with Crippen molar-refractivity contribution in [2.75, 3.05) is 27.3 Å². The Morgan fingerprint density at radius 1 is 1.48 bits per heavy atom. The lowest BCUT2D eigenvalue weighted by Gasteiger charge is -2.38. The molecule has 0 bridgehead atoms. The third-order valence-corrected chi connectivity index (χ3v) is 3.94. The van der Waals surface area contributed by atoms with Crippen molar-refractivity contribution in [2.24, 2.45) is 0 Å². The summed E-state index contributed by atoms with van der Waals surface area (Å²) in [6.07, 6.45) is -2.29. The third-order valence-electron chi connectivity index (χ3n) is 3.94. The summed E-state index contributed by atoms with van der Waals surface area (Å²) >= 11 is 0. The molecule has 0 radical (unpaired) electrons. The van der Waals surface area contributed by atoms with Crippen molar-refractivity contribution in [1.29, 1.82) is 0 Å². The van der Waals surface area contributed by atoms with Crippen LogP contribution in [0.3, 0.4) is 0 Å². The van der Waals surface area contributed by atoms with Gasteiger partial charge in [-0.15, -0.1) is 0 Å². The van der Waals surface area contributed by atoms with Crippen molar-refractivity contribution in [1.82, 2.24) is 20.0 Å². The molecular weight excluding hydrogens is 313 g/mol. The lowest BCUT2D eigenvalue weighted by molar-refractivity contribution is -0.188. The molecule has 2 rings (SSSR count). The van der Waals surface area contributed by atoms with Gasteiger partial charge >= 0.3 is 6.18 Å². The average molecular weight is 334 g/mol. The number of hydrogen-bond acceptors (Lipinski definition) is 4. The number of carbonyl (C=O) groups excluding carboxylic acids is 1. The van der Waals surface area contributed by atoms with E-state index < -0.39 is 12.2 Å². The van der Waals surface area contributed by atoms with Crippen LogP contribution in [-0.4, -0.2) is 66.2 Å². The van der Waals surface area contributed by atoms with Gasteiger partial charge in [0.25, 0.3) is 5.91 Å². The van der Waals surface area contributed by atoms with E-state index in [1.165, 1.54) is 11.9 Å². The van der Waals surface area contributed by atoms with Crippen molar-refractivity contribution in [3.05, 3.63) is 18.0 Å². The van der Waals surface area contributed by atoms with Gasteiger partial charge in [-0.3, -0.25) is 14.4 Å². The maximum absolute atomic E-state index is 12.8. The van der Waals surface area contributed by atoms with Crippen LogP contribution >= 0.6 is 0 Å². The first-order valence-corrected chi connectivity index (χ1v) is 7.41. The molecule has 1 saturated heterocycles. The van der Waals surface area contributed by atoms with Gasteiger partial charge in [-0.25, -0.2) is 0 Å². The van der Waals surface area contributed by atoms with Gasteiger partial charge in [-0.1, -0.05) is 0 Å². The van der Waals surface area contributed by atoms with Crippen LogP contribution in [0.15, 0.2) is 12.3 Å². The zero-order valence-electron chi connectivity index (χ0n) is 13.1. The van der Waals surface area contributed by atoms with Crippen molar-refractivity contribution in [3.63, 3.8) is 0 Å². The molecule has 1 N–H and O–H groups in total. The fourth-order valence-electron chi connectivity index (χ4n) is 2.73. The predicted molar refractivity (Wildman–Crippen MR) is 77.1 cm³/mol. The summed E-state index contributed by atoms with van der Waals surface area (Å²) in [7, 11) is 3.00. The molecular formula is C14H21F3N4O2. The minimum absolute atomic E-state index is 0.0206. The van der Waals surface area contributed by atoms with E-state index >= 15 is 0 Å². The van der Waals surface area contributed by atoms with E-state index in [1.807, 2.05) is 0 Å². The second kappa shape index (κ2) is 7.31. The minimum atomic E-state index is -4.23. The second-order valence-corrected chi connectivity index (χ2v) is 5.70. The molecule has 9 heteroatoms. The van der Waals surface area contributed by atoms with Crippen LogP contribution in [0.2, 0.25) is 0 Å². The van der Waals surface area contributed by atoms with Crippen LogP contribution in [-0.2, 0) is 11.3 Å². The van der Waals surface area contributed by atoms with E-state index in [1.54, 1.807) is 24.1 Å². The molecule has 1 fully saturated rings. The van der Waals surface area contributed by atoms with Gasteiger partial charge in [0.15, 0.2) is 0 Å². The Bertz CT molecular complexity index is 532.